The van der Waals surface area contributed by atoms with E-state index in [4.69, 9.17) is 0 Å². The van der Waals surface area contributed by atoms with Gasteiger partial charge >= 0.3 is 20.4 Å². The number of nitrogens with zero attached hydrogens (tertiary/aromatic N) is 6. The molecule has 0 radical (unpaired) electrons. The molecule has 0 aliphatic rings. The number of imidazole rings is 2. The van der Waals surface area contributed by atoms with Gasteiger partial charge in [-0.25, -0.2) is 17.9 Å². The van der Waals surface area contributed by atoms with Gasteiger partial charge in [-0.15, -0.1) is 0 Å². The molecule has 2 heterocycles. The van der Waals surface area contributed by atoms with Crippen LogP contribution >= 0.6 is 0 Å². The Kier molecular flexibility index (Phi) is 5.31. The molecule has 0 fully saturated rings. The van der Waals surface area contributed by atoms with Gasteiger partial charge < -0.3 is 5.11 Å². The summed E-state index contributed by atoms with van der Waals surface area (Å²) < 4.78 is 52.4. The Morgan fingerprint density at radius 3 is 1.54 bits per heavy atom. The van der Waals surface area contributed by atoms with Gasteiger partial charge in [-0.05, 0) is 6.42 Å². The number of aromatic nitrogens is 4. The summed E-state index contributed by atoms with van der Waals surface area (Å²) in [5, 5.41) is 11.0. The highest BCUT2D eigenvalue weighted by Crippen LogP contribution is 2.31. The van der Waals surface area contributed by atoms with Gasteiger partial charge in [0.25, 0.3) is 0 Å². The lowest BCUT2D eigenvalue weighted by Gasteiger charge is -2.22. The van der Waals surface area contributed by atoms with E-state index in [0.717, 1.165) is 29.2 Å². The molecule has 0 bridgehead atoms. The van der Waals surface area contributed by atoms with Crippen LogP contribution in [0.5, 0.6) is 0 Å². The van der Waals surface area contributed by atoms with Crippen LogP contribution < -0.4 is 0 Å². The van der Waals surface area contributed by atoms with Gasteiger partial charge in [-0.1, -0.05) is 6.92 Å². The minimum absolute atomic E-state index is 0.0397. The molecule has 0 saturated carbocycles. The van der Waals surface area contributed by atoms with Gasteiger partial charge in [-0.2, -0.15) is 25.4 Å². The Morgan fingerprint density at radius 2 is 1.27 bits per heavy atom. The normalized spacial score (nSPS) is 13.7. The molecule has 0 aliphatic heterocycles. The van der Waals surface area contributed by atoms with Gasteiger partial charge in [0.1, 0.15) is 12.7 Å². The monoisotopic (exact) mass is 406 g/mol. The Hall–Kier alpha value is -1.80. The summed E-state index contributed by atoms with van der Waals surface area (Å²) in [5.41, 5.74) is -1.67. The first-order chi connectivity index (χ1) is 11.9. The molecule has 146 valence electrons. The lowest BCUT2D eigenvalue weighted by atomic mass is 9.94. The van der Waals surface area contributed by atoms with E-state index in [0.29, 0.717) is 0 Å². The molecular formula is C13H22N6O5S2. The van der Waals surface area contributed by atoms with E-state index < -0.39 is 26.0 Å². The highest BCUT2D eigenvalue weighted by molar-refractivity contribution is 7.87. The maximum Gasteiger partial charge on any atom is 0.308 e. The summed E-state index contributed by atoms with van der Waals surface area (Å²) in [6.45, 7) is 1.65. The van der Waals surface area contributed by atoms with Gasteiger partial charge in [-0.3, -0.25) is 0 Å². The first kappa shape index (κ1) is 20.5. The zero-order valence-corrected chi connectivity index (χ0v) is 16.7. The van der Waals surface area contributed by atoms with Crippen LogP contribution in [0.25, 0.3) is 0 Å². The average Bonchev–Trinajstić information content (AvgIpc) is 3.24. The molecule has 1 N–H and O–H groups in total. The standard InChI is InChI=1S/C13H22N6O5S2/c1-6-13(20,11-7-18(9-14-11)25(21,22)16(2)3)12-8-19(10-15-12)26(23,24)17(4)5/h7-10,20H,6H2,1-5H3. The number of hydrogen-bond acceptors (Lipinski definition) is 7. The predicted molar refractivity (Wildman–Crippen MR) is 93.8 cm³/mol. The highest BCUT2D eigenvalue weighted by Gasteiger charge is 2.36. The number of rotatable bonds is 7. The van der Waals surface area contributed by atoms with E-state index >= 15 is 0 Å². The van der Waals surface area contributed by atoms with Crippen molar-refractivity contribution in [1.29, 1.82) is 0 Å². The topological polar surface area (TPSA) is 131 Å². The molecule has 2 aromatic rings. The van der Waals surface area contributed by atoms with Crippen LogP contribution in [0.3, 0.4) is 0 Å². The summed E-state index contributed by atoms with van der Waals surface area (Å²) in [6.07, 6.45) is 4.60. The zero-order chi connectivity index (χ0) is 19.9. The Bertz CT molecular complexity index is 914. The minimum Gasteiger partial charge on any atom is -0.377 e. The molecule has 11 nitrogen and oxygen atoms in total. The van der Waals surface area contributed by atoms with Gasteiger partial charge in [0.05, 0.1) is 11.4 Å². The molecule has 0 amide bonds. The number of hydrogen-bond donors (Lipinski definition) is 1. The van der Waals surface area contributed by atoms with Crippen molar-refractivity contribution in [3.05, 3.63) is 36.4 Å². The molecule has 0 spiro atoms. The third-order valence-corrected chi connectivity index (χ3v) is 7.25. The lowest BCUT2D eigenvalue weighted by Crippen LogP contribution is -2.30. The number of aliphatic hydroxyl groups is 1. The van der Waals surface area contributed by atoms with E-state index in [-0.39, 0.29) is 17.8 Å². The van der Waals surface area contributed by atoms with Crippen LogP contribution in [0.4, 0.5) is 0 Å². The quantitative estimate of drug-likeness (QED) is 0.626. The Morgan fingerprint density at radius 1 is 0.923 bits per heavy atom. The third-order valence-electron chi connectivity index (χ3n) is 3.94. The van der Waals surface area contributed by atoms with Crippen LogP contribution in [0.15, 0.2) is 25.0 Å². The Labute approximate surface area is 152 Å². The zero-order valence-electron chi connectivity index (χ0n) is 15.1. The second kappa shape index (κ2) is 6.74. The van der Waals surface area contributed by atoms with Gasteiger partial charge in [0, 0.05) is 40.6 Å². The largest absolute Gasteiger partial charge is 0.377 e. The Balaban J connectivity index is 2.51. The summed E-state index contributed by atoms with van der Waals surface area (Å²) in [5.74, 6) is 0. The molecule has 2 aromatic heterocycles. The fourth-order valence-electron chi connectivity index (χ4n) is 2.16. The van der Waals surface area contributed by atoms with Crippen LogP contribution in [0, 0.1) is 0 Å². The summed E-state index contributed by atoms with van der Waals surface area (Å²) >= 11 is 0. The first-order valence-corrected chi connectivity index (χ1v) is 10.3. The second-order valence-electron chi connectivity index (χ2n) is 5.97. The van der Waals surface area contributed by atoms with Crippen molar-refractivity contribution in [2.45, 2.75) is 18.9 Å². The SMILES string of the molecule is CCC(O)(c1cn(S(=O)(=O)N(C)C)cn1)c1cn(S(=O)(=O)N(C)C)cn1. The third kappa shape index (κ3) is 3.27. The molecule has 0 aromatic carbocycles. The van der Waals surface area contributed by atoms with Gasteiger partial charge in [0.15, 0.2) is 5.60 Å². The fraction of sp³-hybridized carbons (Fsp3) is 0.538. The average molecular weight is 406 g/mol. The molecular weight excluding hydrogens is 384 g/mol. The van der Waals surface area contributed by atoms with Crippen LogP contribution in [-0.4, -0.2) is 76.7 Å². The summed E-state index contributed by atoms with van der Waals surface area (Å²) in [4.78, 5) is 7.98. The van der Waals surface area contributed by atoms with Crippen molar-refractivity contribution in [3.63, 3.8) is 0 Å². The molecule has 0 unspecified atom stereocenters. The van der Waals surface area contributed by atoms with E-state index in [2.05, 4.69) is 9.97 Å². The first-order valence-electron chi connectivity index (χ1n) is 7.54. The van der Waals surface area contributed by atoms with E-state index in [1.165, 1.54) is 40.6 Å². The molecule has 0 atom stereocenters. The molecule has 13 heteroatoms. The van der Waals surface area contributed by atoms with Crippen molar-refractivity contribution in [2.75, 3.05) is 28.2 Å². The van der Waals surface area contributed by atoms with Crippen molar-refractivity contribution in [1.82, 2.24) is 26.5 Å². The smallest absolute Gasteiger partial charge is 0.308 e. The summed E-state index contributed by atoms with van der Waals surface area (Å²) in [6, 6.07) is 0. The van der Waals surface area contributed by atoms with Gasteiger partial charge in [0.2, 0.25) is 0 Å². The van der Waals surface area contributed by atoms with Crippen LogP contribution in [0.1, 0.15) is 24.7 Å². The fourth-order valence-corrected chi connectivity index (χ4v) is 3.72. The van der Waals surface area contributed by atoms with E-state index in [1.54, 1.807) is 6.92 Å². The molecule has 26 heavy (non-hydrogen) atoms. The summed E-state index contributed by atoms with van der Waals surface area (Å²) in [7, 11) is -2.10. The molecule has 0 saturated heterocycles. The predicted octanol–water partition coefficient (Wildman–Crippen LogP) is -0.965. The van der Waals surface area contributed by atoms with Crippen molar-refractivity contribution in [3.8, 4) is 0 Å². The maximum absolute atomic E-state index is 12.2. The molecule has 0 aliphatic carbocycles. The van der Waals surface area contributed by atoms with E-state index in [1.807, 2.05) is 0 Å². The van der Waals surface area contributed by atoms with Crippen LogP contribution in [-0.2, 0) is 26.0 Å². The minimum atomic E-state index is -3.79. The van der Waals surface area contributed by atoms with Crippen molar-refractivity contribution >= 4 is 20.4 Å². The lowest BCUT2D eigenvalue weighted by molar-refractivity contribution is 0.0681. The van der Waals surface area contributed by atoms with Crippen molar-refractivity contribution in [2.24, 2.45) is 0 Å². The molecule has 2 rings (SSSR count). The highest BCUT2D eigenvalue weighted by atomic mass is 32.2. The van der Waals surface area contributed by atoms with E-state index in [9.17, 15) is 21.9 Å². The van der Waals surface area contributed by atoms with Crippen molar-refractivity contribution < 1.29 is 21.9 Å². The maximum atomic E-state index is 12.2. The second-order valence-corrected chi connectivity index (χ2v) is 10.1. The van der Waals surface area contributed by atoms with Crippen LogP contribution in [0.2, 0.25) is 0 Å².